The first-order chi connectivity index (χ1) is 9.66. The van der Waals surface area contributed by atoms with Crippen molar-refractivity contribution < 1.29 is 9.53 Å². The topological polar surface area (TPSA) is 44.1 Å². The van der Waals surface area contributed by atoms with Crippen LogP contribution in [-0.2, 0) is 23.2 Å². The van der Waals surface area contributed by atoms with Crippen molar-refractivity contribution in [3.63, 3.8) is 0 Å². The number of aryl methyl sites for hydroxylation is 1. The van der Waals surface area contributed by atoms with Crippen molar-refractivity contribution in [2.75, 3.05) is 5.75 Å². The summed E-state index contributed by atoms with van der Waals surface area (Å²) in [6.07, 6.45) is 3.64. The Morgan fingerprint density at radius 3 is 2.80 bits per heavy atom. The Kier molecular flexibility index (Phi) is 5.24. The predicted octanol–water partition coefficient (Wildman–Crippen LogP) is 2.89. The molecule has 0 saturated heterocycles. The number of esters is 1. The third-order valence-electron chi connectivity index (χ3n) is 2.87. The van der Waals surface area contributed by atoms with Crippen LogP contribution >= 0.6 is 11.8 Å². The third-order valence-corrected chi connectivity index (χ3v) is 4.18. The van der Waals surface area contributed by atoms with Gasteiger partial charge in [0.15, 0.2) is 5.16 Å². The lowest BCUT2D eigenvalue weighted by molar-refractivity contribution is -0.148. The van der Waals surface area contributed by atoms with E-state index in [9.17, 15) is 4.79 Å². The second-order valence-corrected chi connectivity index (χ2v) is 5.61. The molecule has 1 aromatic heterocycles. The number of thioether (sulfide) groups is 1. The highest BCUT2D eigenvalue weighted by Crippen LogP contribution is 2.19. The second-order valence-electron chi connectivity index (χ2n) is 4.63. The van der Waals surface area contributed by atoms with Gasteiger partial charge in [-0.25, -0.2) is 4.98 Å². The maximum Gasteiger partial charge on any atom is 0.309 e. The van der Waals surface area contributed by atoms with E-state index in [1.165, 1.54) is 0 Å². The van der Waals surface area contributed by atoms with Crippen molar-refractivity contribution in [2.45, 2.75) is 18.7 Å². The number of ether oxygens (including phenoxy) is 1. The maximum atomic E-state index is 11.9. The number of nitrogens with zero attached hydrogens (tertiary/aromatic N) is 2. The van der Waals surface area contributed by atoms with Gasteiger partial charge in [0.25, 0.3) is 0 Å². The molecule has 0 N–H and O–H groups in total. The molecule has 4 nitrogen and oxygen atoms in total. The van der Waals surface area contributed by atoms with Crippen LogP contribution in [0, 0.1) is 5.92 Å². The average Bonchev–Trinajstić information content (AvgIpc) is 2.88. The molecule has 2 aromatic rings. The van der Waals surface area contributed by atoms with Crippen LogP contribution in [0.3, 0.4) is 0 Å². The van der Waals surface area contributed by atoms with Gasteiger partial charge in [0, 0.05) is 25.2 Å². The van der Waals surface area contributed by atoms with E-state index in [0.717, 1.165) is 10.7 Å². The Morgan fingerprint density at radius 2 is 2.15 bits per heavy atom. The van der Waals surface area contributed by atoms with E-state index in [1.807, 2.05) is 55.1 Å². The van der Waals surface area contributed by atoms with Gasteiger partial charge in [-0.2, -0.15) is 0 Å². The number of carbonyl (C=O) groups excluding carboxylic acids is 1. The fourth-order valence-corrected chi connectivity index (χ4v) is 2.56. The summed E-state index contributed by atoms with van der Waals surface area (Å²) in [6.45, 7) is 2.21. The molecule has 0 bridgehead atoms. The SMILES string of the molecule is CC(CSc1nccn1C)C(=O)OCc1ccccc1. The normalized spacial score (nSPS) is 12.1. The molecule has 106 valence electrons. The number of benzene rings is 1. The number of rotatable bonds is 6. The molecule has 0 spiro atoms. The van der Waals surface area contributed by atoms with Gasteiger partial charge in [-0.15, -0.1) is 0 Å². The van der Waals surface area contributed by atoms with E-state index in [-0.39, 0.29) is 11.9 Å². The maximum absolute atomic E-state index is 11.9. The zero-order valence-corrected chi connectivity index (χ0v) is 12.5. The summed E-state index contributed by atoms with van der Waals surface area (Å²) in [6, 6.07) is 9.70. The van der Waals surface area contributed by atoms with Crippen molar-refractivity contribution in [3.05, 3.63) is 48.3 Å². The largest absolute Gasteiger partial charge is 0.461 e. The number of imidazole rings is 1. The molecule has 0 aliphatic carbocycles. The zero-order valence-electron chi connectivity index (χ0n) is 11.7. The lowest BCUT2D eigenvalue weighted by Crippen LogP contribution is -2.17. The molecule has 0 amide bonds. The molecular formula is C15H18N2O2S. The predicted molar refractivity (Wildman–Crippen MR) is 79.3 cm³/mol. The Hall–Kier alpha value is -1.75. The molecule has 1 aromatic carbocycles. The Labute approximate surface area is 123 Å². The molecule has 5 heteroatoms. The summed E-state index contributed by atoms with van der Waals surface area (Å²) < 4.78 is 7.25. The average molecular weight is 290 g/mol. The van der Waals surface area contributed by atoms with Gasteiger partial charge < -0.3 is 9.30 Å². The highest BCUT2D eigenvalue weighted by Gasteiger charge is 2.16. The fraction of sp³-hybridized carbons (Fsp3) is 0.333. The summed E-state index contributed by atoms with van der Waals surface area (Å²) in [4.78, 5) is 16.1. The van der Waals surface area contributed by atoms with Crippen LogP contribution in [0.1, 0.15) is 12.5 Å². The summed E-state index contributed by atoms with van der Waals surface area (Å²) in [5.41, 5.74) is 1.00. The summed E-state index contributed by atoms with van der Waals surface area (Å²) in [5.74, 6) is 0.342. The molecule has 1 atom stereocenters. The minimum absolute atomic E-state index is 0.152. The monoisotopic (exact) mass is 290 g/mol. The Morgan fingerprint density at radius 1 is 1.40 bits per heavy atom. The number of hydrogen-bond acceptors (Lipinski definition) is 4. The van der Waals surface area contributed by atoms with Gasteiger partial charge in [0.1, 0.15) is 6.61 Å². The second kappa shape index (κ2) is 7.14. The van der Waals surface area contributed by atoms with Gasteiger partial charge in [0.2, 0.25) is 0 Å². The van der Waals surface area contributed by atoms with Crippen LogP contribution in [0.2, 0.25) is 0 Å². The summed E-state index contributed by atoms with van der Waals surface area (Å²) in [7, 11) is 1.94. The van der Waals surface area contributed by atoms with E-state index in [0.29, 0.717) is 12.4 Å². The van der Waals surface area contributed by atoms with Crippen molar-refractivity contribution in [2.24, 2.45) is 13.0 Å². The van der Waals surface area contributed by atoms with Gasteiger partial charge >= 0.3 is 5.97 Å². The van der Waals surface area contributed by atoms with E-state index in [2.05, 4.69) is 4.98 Å². The lowest BCUT2D eigenvalue weighted by atomic mass is 10.2. The molecule has 0 aliphatic rings. The first-order valence-corrected chi connectivity index (χ1v) is 7.46. The van der Waals surface area contributed by atoms with E-state index in [1.54, 1.807) is 18.0 Å². The minimum Gasteiger partial charge on any atom is -0.461 e. The number of hydrogen-bond donors (Lipinski definition) is 0. The fourth-order valence-electron chi connectivity index (χ4n) is 1.63. The Balaban J connectivity index is 1.76. The molecule has 20 heavy (non-hydrogen) atoms. The molecule has 1 heterocycles. The molecule has 0 radical (unpaired) electrons. The Bertz CT molecular complexity index is 554. The summed E-state index contributed by atoms with van der Waals surface area (Å²) in [5, 5.41) is 0.910. The van der Waals surface area contributed by atoms with Crippen LogP contribution < -0.4 is 0 Å². The van der Waals surface area contributed by atoms with Crippen molar-refractivity contribution in [1.82, 2.24) is 9.55 Å². The summed E-state index contributed by atoms with van der Waals surface area (Å²) >= 11 is 1.56. The lowest BCUT2D eigenvalue weighted by Gasteiger charge is -2.11. The van der Waals surface area contributed by atoms with E-state index >= 15 is 0 Å². The first-order valence-electron chi connectivity index (χ1n) is 6.47. The van der Waals surface area contributed by atoms with Crippen LogP contribution in [0.5, 0.6) is 0 Å². The standard InChI is InChI=1S/C15H18N2O2S/c1-12(11-20-15-16-8-9-17(15)2)14(18)19-10-13-6-4-3-5-7-13/h3-9,12H,10-11H2,1-2H3. The number of carbonyl (C=O) groups is 1. The molecule has 0 aliphatic heterocycles. The molecule has 0 saturated carbocycles. The van der Waals surface area contributed by atoms with Crippen molar-refractivity contribution >= 4 is 17.7 Å². The highest BCUT2D eigenvalue weighted by atomic mass is 32.2. The number of aromatic nitrogens is 2. The van der Waals surface area contributed by atoms with Gasteiger partial charge in [0.05, 0.1) is 5.92 Å². The van der Waals surface area contributed by atoms with Crippen molar-refractivity contribution in [1.29, 1.82) is 0 Å². The van der Waals surface area contributed by atoms with E-state index < -0.39 is 0 Å². The van der Waals surface area contributed by atoms with Crippen LogP contribution in [-0.4, -0.2) is 21.3 Å². The molecule has 0 fully saturated rings. The van der Waals surface area contributed by atoms with Crippen molar-refractivity contribution in [3.8, 4) is 0 Å². The van der Waals surface area contributed by atoms with Crippen LogP contribution in [0.25, 0.3) is 0 Å². The van der Waals surface area contributed by atoms with Gasteiger partial charge in [-0.1, -0.05) is 49.0 Å². The minimum atomic E-state index is -0.171. The highest BCUT2D eigenvalue weighted by molar-refractivity contribution is 7.99. The smallest absolute Gasteiger partial charge is 0.309 e. The van der Waals surface area contributed by atoms with Crippen LogP contribution in [0.15, 0.2) is 47.9 Å². The molecular weight excluding hydrogens is 272 g/mol. The van der Waals surface area contributed by atoms with Crippen LogP contribution in [0.4, 0.5) is 0 Å². The third kappa shape index (κ3) is 4.13. The molecule has 1 unspecified atom stereocenters. The first kappa shape index (κ1) is 14.7. The molecule has 2 rings (SSSR count). The quantitative estimate of drug-likeness (QED) is 0.606. The van der Waals surface area contributed by atoms with Gasteiger partial charge in [-0.3, -0.25) is 4.79 Å². The zero-order chi connectivity index (χ0) is 14.4. The van der Waals surface area contributed by atoms with Gasteiger partial charge in [-0.05, 0) is 5.56 Å². The van der Waals surface area contributed by atoms with E-state index in [4.69, 9.17) is 4.74 Å².